The molecule has 0 spiro atoms. The summed E-state index contributed by atoms with van der Waals surface area (Å²) in [5.74, 6) is 0.514. The summed E-state index contributed by atoms with van der Waals surface area (Å²) in [6.45, 7) is -0.124. The number of aromatic nitrogens is 2. The molecule has 4 heteroatoms. The first-order valence-corrected chi connectivity index (χ1v) is 6.98. The van der Waals surface area contributed by atoms with Crippen LogP contribution in [0.3, 0.4) is 0 Å². The molecule has 4 nitrogen and oxygen atoms in total. The van der Waals surface area contributed by atoms with E-state index in [9.17, 15) is 0 Å². The van der Waals surface area contributed by atoms with Gasteiger partial charge in [0.05, 0.1) is 30.4 Å². The van der Waals surface area contributed by atoms with Crippen LogP contribution < -0.4 is 0 Å². The van der Waals surface area contributed by atoms with Crippen LogP contribution in [-0.4, -0.2) is 20.8 Å². The van der Waals surface area contributed by atoms with Crippen LogP contribution in [0.5, 0.6) is 0 Å². The lowest BCUT2D eigenvalue weighted by molar-refractivity contribution is 0.276. The fourth-order valence-electron chi connectivity index (χ4n) is 2.09. The molecule has 0 bridgehead atoms. The summed E-state index contributed by atoms with van der Waals surface area (Å²) in [4.78, 5) is 13.0. The molecule has 1 N–H and O–H groups in total. The molecule has 22 heavy (non-hydrogen) atoms. The molecule has 0 atom stereocenters. The van der Waals surface area contributed by atoms with Gasteiger partial charge in [-0.2, -0.15) is 0 Å². The number of nitrogens with zero attached hydrogens (tertiary/aromatic N) is 3. The second-order valence-corrected chi connectivity index (χ2v) is 4.72. The van der Waals surface area contributed by atoms with E-state index in [1.165, 1.54) is 6.20 Å². The molecule has 0 saturated heterocycles. The summed E-state index contributed by atoms with van der Waals surface area (Å²) in [5, 5.41) is 9.03. The highest BCUT2D eigenvalue weighted by molar-refractivity contribution is 6.13. The van der Waals surface area contributed by atoms with Crippen LogP contribution in [0.25, 0.3) is 0 Å². The van der Waals surface area contributed by atoms with Gasteiger partial charge in [0.2, 0.25) is 0 Å². The van der Waals surface area contributed by atoms with Gasteiger partial charge in [0.1, 0.15) is 0 Å². The minimum atomic E-state index is -0.124. The smallest absolute Gasteiger partial charge is 0.171 e. The number of hydrogen-bond donors (Lipinski definition) is 1. The van der Waals surface area contributed by atoms with E-state index < -0.39 is 0 Å². The highest BCUT2D eigenvalue weighted by Crippen LogP contribution is 2.15. The first-order valence-electron chi connectivity index (χ1n) is 6.98. The third kappa shape index (κ3) is 3.24. The van der Waals surface area contributed by atoms with Crippen molar-refractivity contribution < 1.29 is 5.11 Å². The minimum Gasteiger partial charge on any atom is -0.390 e. The molecule has 0 aliphatic rings. The van der Waals surface area contributed by atoms with E-state index in [2.05, 4.69) is 15.0 Å². The van der Waals surface area contributed by atoms with Gasteiger partial charge in [0, 0.05) is 11.1 Å². The van der Waals surface area contributed by atoms with Crippen LogP contribution >= 0.6 is 0 Å². The second kappa shape index (κ2) is 6.74. The molecule has 0 radical (unpaired) electrons. The van der Waals surface area contributed by atoms with Crippen molar-refractivity contribution in [2.45, 2.75) is 6.61 Å². The molecule has 0 fully saturated rings. The molecule has 1 heterocycles. The molecule has 0 amide bonds. The maximum Gasteiger partial charge on any atom is 0.171 e. The van der Waals surface area contributed by atoms with Crippen molar-refractivity contribution in [3.63, 3.8) is 0 Å². The zero-order chi connectivity index (χ0) is 15.2. The van der Waals surface area contributed by atoms with Crippen LogP contribution in [-0.2, 0) is 6.61 Å². The fourth-order valence-corrected chi connectivity index (χ4v) is 2.09. The normalized spacial score (nSPS) is 10.2. The average Bonchev–Trinajstić information content (AvgIpc) is 2.62. The lowest BCUT2D eigenvalue weighted by atomic mass is 10.0. The second-order valence-electron chi connectivity index (χ2n) is 4.72. The van der Waals surface area contributed by atoms with E-state index in [1.807, 2.05) is 60.7 Å². The molecule has 1 aromatic heterocycles. The summed E-state index contributed by atoms with van der Waals surface area (Å²) in [5.41, 5.74) is 3.40. The van der Waals surface area contributed by atoms with Gasteiger partial charge in [-0.15, -0.1) is 0 Å². The Balaban J connectivity index is 2.06. The molecule has 0 aliphatic heterocycles. The number of benzene rings is 2. The van der Waals surface area contributed by atoms with Gasteiger partial charge in [-0.25, -0.2) is 9.98 Å². The predicted octanol–water partition coefficient (Wildman–Crippen LogP) is 3.14. The van der Waals surface area contributed by atoms with Gasteiger partial charge >= 0.3 is 0 Å². The Bertz CT molecular complexity index is 712. The summed E-state index contributed by atoms with van der Waals surface area (Å²) < 4.78 is 0. The maximum atomic E-state index is 9.03. The van der Waals surface area contributed by atoms with Crippen LogP contribution in [0.2, 0.25) is 0 Å². The molecular weight excluding hydrogens is 274 g/mol. The summed E-state index contributed by atoms with van der Waals surface area (Å²) >= 11 is 0. The highest BCUT2D eigenvalue weighted by atomic mass is 16.3. The van der Waals surface area contributed by atoms with E-state index in [1.54, 1.807) is 6.20 Å². The Labute approximate surface area is 128 Å². The largest absolute Gasteiger partial charge is 0.390 e. The van der Waals surface area contributed by atoms with E-state index in [0.717, 1.165) is 16.8 Å². The lowest BCUT2D eigenvalue weighted by Gasteiger charge is -2.07. The first-order chi connectivity index (χ1) is 10.9. The SMILES string of the molecule is OCc1cnc(N=C(c2ccccc2)c2ccccc2)cn1. The Morgan fingerprint density at radius 3 is 1.86 bits per heavy atom. The van der Waals surface area contributed by atoms with E-state index in [0.29, 0.717) is 11.5 Å². The summed E-state index contributed by atoms with van der Waals surface area (Å²) in [6.07, 6.45) is 3.10. The monoisotopic (exact) mass is 289 g/mol. The molecule has 3 aromatic rings. The number of aliphatic hydroxyl groups excluding tert-OH is 1. The van der Waals surface area contributed by atoms with Crippen molar-refractivity contribution in [2.24, 2.45) is 4.99 Å². The van der Waals surface area contributed by atoms with Gasteiger partial charge in [-0.1, -0.05) is 60.7 Å². The number of aliphatic hydroxyl groups is 1. The Kier molecular flexibility index (Phi) is 4.32. The van der Waals surface area contributed by atoms with Gasteiger partial charge in [0.25, 0.3) is 0 Å². The van der Waals surface area contributed by atoms with Crippen molar-refractivity contribution in [3.8, 4) is 0 Å². The Hall–Kier alpha value is -2.85. The first kappa shape index (κ1) is 14.1. The molecular formula is C18H15N3O. The molecule has 0 aliphatic carbocycles. The third-order valence-electron chi connectivity index (χ3n) is 3.17. The molecule has 2 aromatic carbocycles. The van der Waals surface area contributed by atoms with Crippen LogP contribution in [0, 0.1) is 0 Å². The van der Waals surface area contributed by atoms with Crippen LogP contribution in [0.1, 0.15) is 16.8 Å². The zero-order valence-corrected chi connectivity index (χ0v) is 11.9. The number of aliphatic imine (C=N–C) groups is 1. The zero-order valence-electron chi connectivity index (χ0n) is 11.9. The van der Waals surface area contributed by atoms with Crippen molar-refractivity contribution >= 4 is 11.5 Å². The summed E-state index contributed by atoms with van der Waals surface area (Å²) in [6, 6.07) is 19.9. The maximum absolute atomic E-state index is 9.03. The van der Waals surface area contributed by atoms with E-state index >= 15 is 0 Å². The average molecular weight is 289 g/mol. The predicted molar refractivity (Wildman–Crippen MR) is 86.1 cm³/mol. The van der Waals surface area contributed by atoms with Gasteiger partial charge < -0.3 is 5.11 Å². The quantitative estimate of drug-likeness (QED) is 0.751. The molecule has 108 valence electrons. The summed E-state index contributed by atoms with van der Waals surface area (Å²) in [7, 11) is 0. The fraction of sp³-hybridized carbons (Fsp3) is 0.0556. The van der Waals surface area contributed by atoms with Gasteiger partial charge in [-0.3, -0.25) is 4.98 Å². The minimum absolute atomic E-state index is 0.124. The van der Waals surface area contributed by atoms with Crippen molar-refractivity contribution in [1.29, 1.82) is 0 Å². The highest BCUT2D eigenvalue weighted by Gasteiger charge is 2.07. The van der Waals surface area contributed by atoms with Gasteiger partial charge in [0.15, 0.2) is 5.82 Å². The molecule has 0 unspecified atom stereocenters. The van der Waals surface area contributed by atoms with E-state index in [4.69, 9.17) is 5.11 Å². The molecule has 0 saturated carbocycles. The number of rotatable bonds is 4. The topological polar surface area (TPSA) is 58.4 Å². The van der Waals surface area contributed by atoms with Crippen LogP contribution in [0.4, 0.5) is 5.82 Å². The number of hydrogen-bond acceptors (Lipinski definition) is 4. The van der Waals surface area contributed by atoms with Crippen molar-refractivity contribution in [1.82, 2.24) is 9.97 Å². The lowest BCUT2D eigenvalue weighted by Crippen LogP contribution is -2.03. The van der Waals surface area contributed by atoms with Crippen LogP contribution in [0.15, 0.2) is 78.0 Å². The molecule has 3 rings (SSSR count). The van der Waals surface area contributed by atoms with Crippen molar-refractivity contribution in [2.75, 3.05) is 0 Å². The van der Waals surface area contributed by atoms with E-state index in [-0.39, 0.29) is 6.61 Å². The standard InChI is InChI=1S/C18H15N3O/c22-13-16-11-20-17(12-19-16)21-18(14-7-3-1-4-8-14)15-9-5-2-6-10-15/h1-12,22H,13H2. The van der Waals surface area contributed by atoms with Gasteiger partial charge in [-0.05, 0) is 0 Å². The Morgan fingerprint density at radius 2 is 1.41 bits per heavy atom. The Morgan fingerprint density at radius 1 is 0.818 bits per heavy atom. The van der Waals surface area contributed by atoms with Crippen molar-refractivity contribution in [3.05, 3.63) is 89.9 Å². The third-order valence-corrected chi connectivity index (χ3v) is 3.17.